The van der Waals surface area contributed by atoms with Crippen LogP contribution in [0, 0.1) is 0 Å². The maximum absolute atomic E-state index is 9.24. The smallest absolute Gasteiger partial charge is 0.176 e. The van der Waals surface area contributed by atoms with Gasteiger partial charge in [0.2, 0.25) is 0 Å². The van der Waals surface area contributed by atoms with Crippen molar-refractivity contribution in [2.45, 2.75) is 116 Å². The Labute approximate surface area is 821 Å². The molecule has 692 valence electrons. The van der Waals surface area contributed by atoms with Crippen LogP contribution in [0.25, 0.3) is 32.3 Å². The van der Waals surface area contributed by atoms with E-state index in [0.29, 0.717) is 6.42 Å². The van der Waals surface area contributed by atoms with E-state index in [1.165, 1.54) is 0 Å². The molecule has 10 atom stereocenters. The summed E-state index contributed by atoms with van der Waals surface area (Å²) in [4.78, 5) is 0. The lowest BCUT2D eigenvalue weighted by atomic mass is 9.72. The SMILES string of the molecule is COc1ccc(COC2C(NC(c3ccccc3)(c3ccccc3)c3ccccc3)CC(NC(c3ccccc3)(c3ccccc3)c3ccccc3)C(OC3OC(CNC(c4ccccc4)(c4ccccc4)c4ccccc4)C(OCc4ccc5ccccc5c4)C(OCc4ccc5ccccc5c4)C3NC(c3ccccc3)(c3ccccc3)c3ccccc3)C2OCc2ccc3ccccc3c2)cc1. The van der Waals surface area contributed by atoms with Crippen molar-refractivity contribution in [3.63, 3.8) is 0 Å². The van der Waals surface area contributed by atoms with Crippen molar-refractivity contribution >= 4 is 32.3 Å². The quantitative estimate of drug-likeness (QED) is 0.0282. The van der Waals surface area contributed by atoms with E-state index < -0.39 is 83.2 Å². The molecule has 19 aromatic rings. The van der Waals surface area contributed by atoms with Crippen molar-refractivity contribution in [2.75, 3.05) is 13.7 Å². The Kier molecular flexibility index (Phi) is 28.0. The Morgan fingerprint density at radius 2 is 0.486 bits per heavy atom. The van der Waals surface area contributed by atoms with Crippen LogP contribution in [0.4, 0.5) is 0 Å². The third-order valence-corrected chi connectivity index (χ3v) is 28.5. The molecule has 0 amide bonds. The van der Waals surface area contributed by atoms with Crippen molar-refractivity contribution in [3.05, 3.63) is 605 Å². The van der Waals surface area contributed by atoms with Gasteiger partial charge in [0.15, 0.2) is 6.29 Å². The summed E-state index contributed by atoms with van der Waals surface area (Å²) in [5.74, 6) is 0.730. The fourth-order valence-electron chi connectivity index (χ4n) is 21.8. The summed E-state index contributed by atoms with van der Waals surface area (Å²) in [6.45, 7) is 0.763. The van der Waals surface area contributed by atoms with Crippen molar-refractivity contribution < 1.29 is 33.2 Å². The summed E-state index contributed by atoms with van der Waals surface area (Å²) in [7, 11) is 1.71. The molecule has 2 aliphatic rings. The average molecular weight is 1830 g/mol. The molecule has 11 nitrogen and oxygen atoms in total. The molecular weight excluding hydrogens is 1720 g/mol. The highest BCUT2D eigenvalue weighted by Crippen LogP contribution is 2.48. The minimum atomic E-state index is -1.33. The van der Waals surface area contributed by atoms with Crippen LogP contribution in [0.15, 0.2) is 516 Å². The normalized spacial score (nSPS) is 18.5. The number of fused-ring (bicyclic) bond motifs is 3. The molecule has 0 bridgehead atoms. The van der Waals surface area contributed by atoms with Crippen LogP contribution >= 0.6 is 0 Å². The first-order valence-electron chi connectivity index (χ1n) is 48.9. The van der Waals surface area contributed by atoms with Crippen molar-refractivity contribution in [3.8, 4) is 5.75 Å². The molecule has 0 spiro atoms. The molecule has 1 saturated carbocycles. The summed E-state index contributed by atoms with van der Waals surface area (Å²) < 4.78 is 57.2. The van der Waals surface area contributed by atoms with Gasteiger partial charge in [-0.25, -0.2) is 0 Å². The lowest BCUT2D eigenvalue weighted by Crippen LogP contribution is -2.73. The predicted octanol–water partition coefficient (Wildman–Crippen LogP) is 25.7. The molecule has 4 N–H and O–H groups in total. The van der Waals surface area contributed by atoms with Crippen molar-refractivity contribution in [2.24, 2.45) is 0 Å². The van der Waals surface area contributed by atoms with Crippen LogP contribution in [-0.4, -0.2) is 74.7 Å². The van der Waals surface area contributed by atoms with Crippen LogP contribution in [-0.2, 0) is 77.0 Å². The fraction of sp³-hybridized carbons (Fsp3) is 0.163. The molecule has 140 heavy (non-hydrogen) atoms. The third-order valence-electron chi connectivity index (χ3n) is 28.5. The Balaban J connectivity index is 0.851. The van der Waals surface area contributed by atoms with Gasteiger partial charge in [-0.1, -0.05) is 485 Å². The van der Waals surface area contributed by atoms with Gasteiger partial charge >= 0.3 is 0 Å². The topological polar surface area (TPSA) is 113 Å². The number of methoxy groups -OCH3 is 1. The van der Waals surface area contributed by atoms with Gasteiger partial charge in [0.25, 0.3) is 0 Å². The second-order valence-corrected chi connectivity index (χ2v) is 36.8. The monoisotopic (exact) mass is 1830 g/mol. The van der Waals surface area contributed by atoms with Crippen molar-refractivity contribution in [1.29, 1.82) is 0 Å². The Hall–Kier alpha value is -14.6. The second-order valence-electron chi connectivity index (χ2n) is 36.8. The first kappa shape index (κ1) is 91.8. The van der Waals surface area contributed by atoms with Gasteiger partial charge in [0, 0.05) is 18.6 Å². The van der Waals surface area contributed by atoms with E-state index in [9.17, 15) is 4.74 Å². The van der Waals surface area contributed by atoms with E-state index in [0.717, 1.165) is 127 Å². The molecule has 19 aromatic carbocycles. The van der Waals surface area contributed by atoms with E-state index in [1.807, 2.05) is 12.1 Å². The Bertz CT molecular complexity index is 6790. The molecule has 21 rings (SSSR count). The number of nitrogens with one attached hydrogen (secondary N) is 4. The zero-order valence-corrected chi connectivity index (χ0v) is 78.4. The molecule has 1 aliphatic heterocycles. The van der Waals surface area contributed by atoms with E-state index >= 15 is 0 Å². The van der Waals surface area contributed by atoms with E-state index in [1.54, 1.807) is 7.11 Å². The molecular formula is C129H114N4O7. The highest BCUT2D eigenvalue weighted by atomic mass is 16.7. The first-order valence-corrected chi connectivity index (χ1v) is 48.9. The molecule has 1 saturated heterocycles. The van der Waals surface area contributed by atoms with Crippen LogP contribution < -0.4 is 26.0 Å². The van der Waals surface area contributed by atoms with E-state index in [-0.39, 0.29) is 33.0 Å². The maximum atomic E-state index is 9.24. The summed E-state index contributed by atoms with van der Waals surface area (Å²) >= 11 is 0. The average Bonchev–Trinajstić information content (AvgIpc) is 0.728. The number of hydrogen-bond acceptors (Lipinski definition) is 11. The highest BCUT2D eigenvalue weighted by molar-refractivity contribution is 5.85. The van der Waals surface area contributed by atoms with Gasteiger partial charge in [0.05, 0.1) is 61.7 Å². The van der Waals surface area contributed by atoms with Gasteiger partial charge in [0.1, 0.15) is 42.4 Å². The van der Waals surface area contributed by atoms with Crippen LogP contribution in [0.5, 0.6) is 5.75 Å². The van der Waals surface area contributed by atoms with E-state index in [2.05, 4.69) is 509 Å². The minimum Gasteiger partial charge on any atom is -0.497 e. The fourth-order valence-corrected chi connectivity index (χ4v) is 21.8. The number of ether oxygens (including phenoxy) is 7. The third kappa shape index (κ3) is 19.2. The summed E-state index contributed by atoms with van der Waals surface area (Å²) in [5.41, 5.74) is 11.4. The van der Waals surface area contributed by atoms with E-state index in [4.69, 9.17) is 44.4 Å². The summed E-state index contributed by atoms with van der Waals surface area (Å²) in [5, 5.41) is 25.2. The van der Waals surface area contributed by atoms with Gasteiger partial charge in [-0.2, -0.15) is 0 Å². The zero-order chi connectivity index (χ0) is 94.2. The Morgan fingerprint density at radius 3 is 0.800 bits per heavy atom. The van der Waals surface area contributed by atoms with Crippen molar-refractivity contribution in [1.82, 2.24) is 21.3 Å². The minimum absolute atomic E-state index is 0.126. The Morgan fingerprint density at radius 1 is 0.236 bits per heavy atom. The van der Waals surface area contributed by atoms with Gasteiger partial charge < -0.3 is 33.2 Å². The summed E-state index contributed by atoms with van der Waals surface area (Å²) in [6.07, 6.45) is -6.82. The number of hydrogen-bond donors (Lipinski definition) is 4. The van der Waals surface area contributed by atoms with Crippen LogP contribution in [0.2, 0.25) is 0 Å². The van der Waals surface area contributed by atoms with Gasteiger partial charge in [-0.15, -0.1) is 0 Å². The molecule has 2 fully saturated rings. The van der Waals surface area contributed by atoms with Gasteiger partial charge in [-0.05, 0) is 158 Å². The number of rotatable bonds is 36. The predicted molar refractivity (Wildman–Crippen MR) is 563 cm³/mol. The summed E-state index contributed by atoms with van der Waals surface area (Å²) in [6, 6.07) is 182. The largest absolute Gasteiger partial charge is 0.497 e. The molecule has 0 radical (unpaired) electrons. The highest BCUT2D eigenvalue weighted by Gasteiger charge is 2.58. The van der Waals surface area contributed by atoms with Crippen LogP contribution in [0.3, 0.4) is 0 Å². The number of benzene rings is 19. The van der Waals surface area contributed by atoms with Crippen LogP contribution in [0.1, 0.15) is 95.4 Å². The standard InChI is InChI=1S/C129H114N4O7/c1-134-115-82-77-93(78-83-115)89-135-120-116(131-127(106-56-20-5-21-57-106,107-58-22-6-23-59-107)108-60-24-7-25-61-108)87-117(132-128(109-62-26-8-27-63-109,110-64-28-9-29-65-110)111-66-30-10-31-67-111)121(124(120)138-92-96-76-81-99-46-40-43-49-102(99)86-96)140-125-119(133-129(112-68-32-11-33-69-112,113-70-34-12-35-71-113)114-72-36-13-37-73-114)123(137-91-95-75-80-98-45-39-42-48-101(98)85-95)122(136-90-94-74-79-97-44-38-41-47-100(97)84-94)118(139-125)88-130-126(103-50-14-2-15-51-103,104-52-16-3-17-53-104)105-54-18-4-19-55-105/h2-86,116-125,130-133H,87-92H2,1H3. The zero-order valence-electron chi connectivity index (χ0n) is 78.4. The second kappa shape index (κ2) is 42.8. The molecule has 10 unspecified atom stereocenters. The molecule has 0 aromatic heterocycles. The lowest BCUT2D eigenvalue weighted by Gasteiger charge is -2.55. The van der Waals surface area contributed by atoms with Gasteiger partial charge in [-0.3, -0.25) is 21.3 Å². The maximum Gasteiger partial charge on any atom is 0.176 e. The lowest BCUT2D eigenvalue weighted by molar-refractivity contribution is -0.313. The first-order chi connectivity index (χ1) is 69.3. The molecule has 11 heteroatoms. The molecule has 1 heterocycles. The molecule has 1 aliphatic carbocycles.